The van der Waals surface area contributed by atoms with Crippen molar-refractivity contribution in [3.8, 4) is 0 Å². The lowest BCUT2D eigenvalue weighted by molar-refractivity contribution is 0.181. The van der Waals surface area contributed by atoms with E-state index in [2.05, 4.69) is 15.3 Å². The van der Waals surface area contributed by atoms with Crippen LogP contribution in [-0.4, -0.2) is 41.0 Å². The minimum absolute atomic E-state index is 0.591. The summed E-state index contributed by atoms with van der Waals surface area (Å²) in [6, 6.07) is 0. The van der Waals surface area contributed by atoms with E-state index in [-0.39, 0.29) is 0 Å². The third-order valence-corrected chi connectivity index (χ3v) is 3.31. The van der Waals surface area contributed by atoms with E-state index in [1.54, 1.807) is 0 Å². The fourth-order valence-corrected chi connectivity index (χ4v) is 2.05. The van der Waals surface area contributed by atoms with Gasteiger partial charge in [-0.1, -0.05) is 5.21 Å². The molecule has 2 aliphatic rings. The molecule has 5 heteroatoms. The molecule has 1 aromatic heterocycles. The van der Waals surface area contributed by atoms with Crippen LogP contribution < -0.4 is 0 Å². The zero-order valence-electron chi connectivity index (χ0n) is 9.96. The first-order valence-corrected chi connectivity index (χ1v) is 6.38. The van der Waals surface area contributed by atoms with Gasteiger partial charge < -0.3 is 4.74 Å². The molecule has 0 amide bonds. The molecule has 0 aromatic carbocycles. The topological polar surface area (TPSA) is 52.3 Å². The standard InChI is InChI=1S/C12H18N4O/c1-2-10(1)5-13-6-12-8-16(15-14-12)7-11-3-4-17-9-11/h6,8,10-11H,1-5,7,9H2/t11-/m1/s1. The van der Waals surface area contributed by atoms with Crippen molar-refractivity contribution in [1.29, 1.82) is 0 Å². The van der Waals surface area contributed by atoms with Gasteiger partial charge in [0.2, 0.25) is 0 Å². The smallest absolute Gasteiger partial charge is 0.123 e. The first-order chi connectivity index (χ1) is 8.40. The van der Waals surface area contributed by atoms with Gasteiger partial charge in [0, 0.05) is 25.6 Å². The SMILES string of the molecule is C(=NCC1CC1)c1cn(C[C@H]2CCOC2)nn1. The lowest BCUT2D eigenvalue weighted by Gasteiger charge is -2.05. The van der Waals surface area contributed by atoms with Gasteiger partial charge in [0.15, 0.2) is 0 Å². The van der Waals surface area contributed by atoms with E-state index < -0.39 is 0 Å². The van der Waals surface area contributed by atoms with Crippen molar-refractivity contribution in [2.45, 2.75) is 25.8 Å². The summed E-state index contributed by atoms with van der Waals surface area (Å²) in [6.45, 7) is 3.59. The van der Waals surface area contributed by atoms with Gasteiger partial charge in [-0.05, 0) is 25.2 Å². The van der Waals surface area contributed by atoms with Crippen molar-refractivity contribution >= 4 is 6.21 Å². The van der Waals surface area contributed by atoms with E-state index in [1.807, 2.05) is 17.1 Å². The number of hydrogen-bond donors (Lipinski definition) is 0. The monoisotopic (exact) mass is 234 g/mol. The van der Waals surface area contributed by atoms with E-state index in [9.17, 15) is 0 Å². The maximum Gasteiger partial charge on any atom is 0.123 e. The molecule has 0 N–H and O–H groups in total. The Balaban J connectivity index is 1.51. The first kappa shape index (κ1) is 10.9. The molecule has 3 rings (SSSR count). The molecule has 1 aromatic rings. The number of aromatic nitrogens is 3. The van der Waals surface area contributed by atoms with Gasteiger partial charge in [0.1, 0.15) is 5.69 Å². The van der Waals surface area contributed by atoms with Crippen LogP contribution in [0.25, 0.3) is 0 Å². The molecule has 1 saturated heterocycles. The second kappa shape index (κ2) is 4.96. The molecule has 0 radical (unpaired) electrons. The Hall–Kier alpha value is -1.23. The Morgan fingerprint density at radius 2 is 2.35 bits per heavy atom. The summed E-state index contributed by atoms with van der Waals surface area (Å²) in [5, 5.41) is 8.21. The van der Waals surface area contributed by atoms with Crippen molar-refractivity contribution in [1.82, 2.24) is 15.0 Å². The Kier molecular flexibility index (Phi) is 3.18. The van der Waals surface area contributed by atoms with Crippen molar-refractivity contribution in [2.75, 3.05) is 19.8 Å². The number of ether oxygens (including phenoxy) is 1. The van der Waals surface area contributed by atoms with Gasteiger partial charge in [-0.15, -0.1) is 5.10 Å². The van der Waals surface area contributed by atoms with Crippen molar-refractivity contribution in [3.05, 3.63) is 11.9 Å². The second-order valence-electron chi connectivity index (χ2n) is 5.03. The molecule has 2 fully saturated rings. The predicted octanol–water partition coefficient (Wildman–Crippen LogP) is 1.14. The van der Waals surface area contributed by atoms with Gasteiger partial charge >= 0.3 is 0 Å². The number of rotatable bonds is 5. The van der Waals surface area contributed by atoms with Crippen LogP contribution in [0.1, 0.15) is 25.0 Å². The average molecular weight is 234 g/mol. The molecular formula is C12H18N4O. The van der Waals surface area contributed by atoms with E-state index >= 15 is 0 Å². The highest BCUT2D eigenvalue weighted by Gasteiger charge is 2.20. The Morgan fingerprint density at radius 1 is 1.41 bits per heavy atom. The van der Waals surface area contributed by atoms with Crippen LogP contribution in [0.4, 0.5) is 0 Å². The van der Waals surface area contributed by atoms with E-state index in [1.165, 1.54) is 12.8 Å². The van der Waals surface area contributed by atoms with Gasteiger partial charge in [-0.2, -0.15) is 0 Å². The Labute approximate surface area is 101 Å². The molecular weight excluding hydrogens is 216 g/mol. The zero-order valence-corrected chi connectivity index (χ0v) is 9.96. The molecule has 17 heavy (non-hydrogen) atoms. The van der Waals surface area contributed by atoms with Crippen LogP contribution >= 0.6 is 0 Å². The maximum absolute atomic E-state index is 5.35. The maximum atomic E-state index is 5.35. The minimum atomic E-state index is 0.591. The van der Waals surface area contributed by atoms with Gasteiger partial charge in [0.05, 0.1) is 19.0 Å². The second-order valence-corrected chi connectivity index (χ2v) is 5.03. The number of nitrogens with zero attached hydrogens (tertiary/aromatic N) is 4. The van der Waals surface area contributed by atoms with Crippen LogP contribution in [0.3, 0.4) is 0 Å². The summed E-state index contributed by atoms with van der Waals surface area (Å²) in [5.74, 6) is 1.42. The molecule has 1 aliphatic carbocycles. The summed E-state index contributed by atoms with van der Waals surface area (Å²) >= 11 is 0. The zero-order chi connectivity index (χ0) is 11.5. The average Bonchev–Trinajstić information content (AvgIpc) is 2.83. The molecule has 92 valence electrons. The lowest BCUT2D eigenvalue weighted by atomic mass is 10.1. The van der Waals surface area contributed by atoms with Gasteiger partial charge in [0.25, 0.3) is 0 Å². The Bertz CT molecular complexity index is 391. The molecule has 0 unspecified atom stereocenters. The highest BCUT2D eigenvalue weighted by molar-refractivity contribution is 5.76. The first-order valence-electron chi connectivity index (χ1n) is 6.38. The summed E-state index contributed by atoms with van der Waals surface area (Å²) in [6.07, 6.45) is 7.62. The van der Waals surface area contributed by atoms with Gasteiger partial charge in [-0.3, -0.25) is 9.67 Å². The van der Waals surface area contributed by atoms with Gasteiger partial charge in [-0.25, -0.2) is 0 Å². The molecule has 1 atom stereocenters. The number of hydrogen-bond acceptors (Lipinski definition) is 4. The number of aliphatic imine (C=N–C) groups is 1. The highest BCUT2D eigenvalue weighted by atomic mass is 16.5. The third kappa shape index (κ3) is 3.12. The van der Waals surface area contributed by atoms with Crippen molar-refractivity contribution in [2.24, 2.45) is 16.8 Å². The fraction of sp³-hybridized carbons (Fsp3) is 0.750. The van der Waals surface area contributed by atoms with Crippen LogP contribution in [0.15, 0.2) is 11.2 Å². The van der Waals surface area contributed by atoms with Crippen LogP contribution in [-0.2, 0) is 11.3 Å². The highest BCUT2D eigenvalue weighted by Crippen LogP contribution is 2.28. The molecule has 5 nitrogen and oxygen atoms in total. The van der Waals surface area contributed by atoms with Crippen LogP contribution in [0.5, 0.6) is 0 Å². The molecule has 0 bridgehead atoms. The normalized spacial score (nSPS) is 24.8. The van der Waals surface area contributed by atoms with Crippen LogP contribution in [0.2, 0.25) is 0 Å². The minimum Gasteiger partial charge on any atom is -0.381 e. The van der Waals surface area contributed by atoms with E-state index in [4.69, 9.17) is 4.74 Å². The largest absolute Gasteiger partial charge is 0.381 e. The molecule has 1 saturated carbocycles. The molecule has 0 spiro atoms. The summed E-state index contributed by atoms with van der Waals surface area (Å²) in [4.78, 5) is 4.38. The Morgan fingerprint density at radius 3 is 3.12 bits per heavy atom. The molecule has 2 heterocycles. The predicted molar refractivity (Wildman–Crippen MR) is 64.1 cm³/mol. The summed E-state index contributed by atoms with van der Waals surface area (Å²) in [7, 11) is 0. The molecule has 1 aliphatic heterocycles. The quantitative estimate of drug-likeness (QED) is 0.718. The van der Waals surface area contributed by atoms with E-state index in [0.717, 1.165) is 44.3 Å². The third-order valence-electron chi connectivity index (χ3n) is 3.31. The fourth-order valence-electron chi connectivity index (χ4n) is 2.05. The van der Waals surface area contributed by atoms with E-state index in [0.29, 0.717) is 5.92 Å². The summed E-state index contributed by atoms with van der Waals surface area (Å²) in [5.41, 5.74) is 0.865. The lowest BCUT2D eigenvalue weighted by Crippen LogP contribution is -2.11. The van der Waals surface area contributed by atoms with Crippen molar-refractivity contribution < 1.29 is 4.74 Å². The van der Waals surface area contributed by atoms with Crippen LogP contribution in [0, 0.1) is 11.8 Å². The summed E-state index contributed by atoms with van der Waals surface area (Å²) < 4.78 is 7.25. The van der Waals surface area contributed by atoms with Crippen molar-refractivity contribution in [3.63, 3.8) is 0 Å².